The normalized spacial score (nSPS) is 17.7. The lowest BCUT2D eigenvalue weighted by Gasteiger charge is -2.50. The first-order chi connectivity index (χ1) is 17.6. The van der Waals surface area contributed by atoms with Crippen LogP contribution in [0.5, 0.6) is 5.75 Å². The van der Waals surface area contributed by atoms with Crippen LogP contribution >= 0.6 is 0 Å². The summed E-state index contributed by atoms with van der Waals surface area (Å²) in [5.41, 5.74) is 0.596. The predicted molar refractivity (Wildman–Crippen MR) is 139 cm³/mol. The van der Waals surface area contributed by atoms with Crippen LogP contribution in [0.4, 0.5) is 18.9 Å². The van der Waals surface area contributed by atoms with Crippen molar-refractivity contribution in [1.82, 2.24) is 0 Å². The number of esters is 1. The van der Waals surface area contributed by atoms with Crippen molar-refractivity contribution in [2.75, 3.05) is 25.7 Å². The monoisotopic (exact) mass is 509 g/mol. The van der Waals surface area contributed by atoms with E-state index in [9.17, 15) is 4.79 Å². The number of ether oxygens (including phenoxy) is 2. The van der Waals surface area contributed by atoms with Crippen molar-refractivity contribution in [2.24, 2.45) is 0 Å². The van der Waals surface area contributed by atoms with E-state index in [0.29, 0.717) is 29.0 Å². The van der Waals surface area contributed by atoms with Gasteiger partial charge in [0, 0.05) is 18.3 Å². The van der Waals surface area contributed by atoms with Crippen LogP contribution in [0, 0.1) is 0 Å². The molecule has 0 radical (unpaired) electrons. The first-order valence-electron chi connectivity index (χ1n) is 12.1. The molecule has 3 aromatic rings. The van der Waals surface area contributed by atoms with E-state index >= 15 is 13.2 Å². The Bertz CT molecular complexity index is 1280. The number of benzene rings is 3. The van der Waals surface area contributed by atoms with Gasteiger partial charge in [-0.2, -0.15) is 13.2 Å². The van der Waals surface area contributed by atoms with E-state index in [1.807, 2.05) is 12.1 Å². The second kappa shape index (κ2) is 10.3. The summed E-state index contributed by atoms with van der Waals surface area (Å²) in [4.78, 5) is 12.9. The molecule has 0 saturated carbocycles. The fourth-order valence-corrected chi connectivity index (χ4v) is 5.01. The highest BCUT2D eigenvalue weighted by molar-refractivity contribution is 5.86. The Morgan fingerprint density at radius 3 is 2.24 bits per heavy atom. The molecular formula is C30H30F3NO3. The van der Waals surface area contributed by atoms with Gasteiger partial charge >= 0.3 is 12.1 Å². The van der Waals surface area contributed by atoms with Gasteiger partial charge in [0.25, 0.3) is 0 Å². The molecule has 194 valence electrons. The number of fused-ring (bicyclic) bond motifs is 1. The van der Waals surface area contributed by atoms with Crippen LogP contribution in [0.2, 0.25) is 0 Å². The number of alkyl halides is 3. The number of hydrogen-bond donors (Lipinski definition) is 0. The number of nitrogens with zero attached hydrogens (tertiary/aromatic N) is 1. The third-order valence-electron chi connectivity index (χ3n) is 6.94. The number of hydrogen-bond acceptors (Lipinski definition) is 4. The van der Waals surface area contributed by atoms with Crippen LogP contribution in [-0.2, 0) is 21.5 Å². The van der Waals surface area contributed by atoms with Crippen LogP contribution in [0.25, 0.3) is 6.08 Å². The maximum atomic E-state index is 15.5. The van der Waals surface area contributed by atoms with E-state index in [4.69, 9.17) is 4.74 Å². The summed E-state index contributed by atoms with van der Waals surface area (Å²) >= 11 is 0. The second-order valence-corrected chi connectivity index (χ2v) is 9.36. The van der Waals surface area contributed by atoms with Crippen LogP contribution in [-0.4, -0.2) is 32.9 Å². The van der Waals surface area contributed by atoms with Gasteiger partial charge in [0.15, 0.2) is 5.54 Å². The molecule has 0 aromatic heterocycles. The van der Waals surface area contributed by atoms with Gasteiger partial charge in [-0.3, -0.25) is 0 Å². The van der Waals surface area contributed by atoms with E-state index in [2.05, 4.69) is 18.6 Å². The SMILES string of the molecule is COC(=O)/C=C/c1ccc(C2(C(F)(F)F)c3ccc(OC)cc3CCN2c2ccc(C(C)C)cc2)cc1. The minimum absolute atomic E-state index is 0.0919. The number of halogens is 3. The number of carbonyl (C=O) groups excluding carboxylic acids is 1. The molecule has 0 spiro atoms. The zero-order chi connectivity index (χ0) is 26.8. The lowest BCUT2D eigenvalue weighted by molar-refractivity contribution is -0.179. The van der Waals surface area contributed by atoms with Gasteiger partial charge in [0.05, 0.1) is 14.2 Å². The predicted octanol–water partition coefficient (Wildman–Crippen LogP) is 6.87. The molecule has 37 heavy (non-hydrogen) atoms. The zero-order valence-corrected chi connectivity index (χ0v) is 21.3. The fourth-order valence-electron chi connectivity index (χ4n) is 5.01. The van der Waals surface area contributed by atoms with Gasteiger partial charge in [-0.15, -0.1) is 0 Å². The average Bonchev–Trinajstić information content (AvgIpc) is 2.90. The number of rotatable bonds is 6. The summed E-state index contributed by atoms with van der Waals surface area (Å²) < 4.78 is 56.5. The summed E-state index contributed by atoms with van der Waals surface area (Å²) in [6, 6.07) is 18.3. The second-order valence-electron chi connectivity index (χ2n) is 9.36. The molecule has 3 aromatic carbocycles. The van der Waals surface area contributed by atoms with Crippen molar-refractivity contribution >= 4 is 17.7 Å². The minimum atomic E-state index is -4.66. The number of anilines is 1. The Labute approximate surface area is 215 Å². The number of methoxy groups -OCH3 is 2. The van der Waals surface area contributed by atoms with Crippen molar-refractivity contribution < 1.29 is 27.4 Å². The van der Waals surface area contributed by atoms with Gasteiger partial charge in [-0.1, -0.05) is 56.3 Å². The van der Waals surface area contributed by atoms with E-state index in [0.717, 1.165) is 5.56 Å². The molecule has 1 aliphatic heterocycles. The summed E-state index contributed by atoms with van der Waals surface area (Å²) in [5, 5.41) is 0. The van der Waals surface area contributed by atoms with Gasteiger partial charge in [0.1, 0.15) is 5.75 Å². The summed E-state index contributed by atoms with van der Waals surface area (Å²) in [7, 11) is 2.77. The first-order valence-corrected chi connectivity index (χ1v) is 12.1. The Morgan fingerprint density at radius 2 is 1.68 bits per heavy atom. The van der Waals surface area contributed by atoms with Crippen molar-refractivity contribution in [3.05, 3.63) is 101 Å². The van der Waals surface area contributed by atoms with Crippen LogP contribution in [0.1, 0.15) is 47.6 Å². The summed E-state index contributed by atoms with van der Waals surface area (Å²) in [6.07, 6.45) is -1.47. The van der Waals surface area contributed by atoms with Crippen LogP contribution < -0.4 is 9.64 Å². The molecule has 0 aliphatic carbocycles. The molecule has 0 amide bonds. The highest BCUT2D eigenvalue weighted by atomic mass is 19.4. The van der Waals surface area contributed by atoms with Crippen LogP contribution in [0.15, 0.2) is 72.8 Å². The molecule has 1 aliphatic rings. The maximum absolute atomic E-state index is 15.5. The molecule has 1 heterocycles. The first kappa shape index (κ1) is 26.3. The molecule has 7 heteroatoms. The third kappa shape index (κ3) is 4.82. The lowest BCUT2D eigenvalue weighted by Crippen LogP contribution is -2.60. The van der Waals surface area contributed by atoms with Gasteiger partial charge in [0.2, 0.25) is 0 Å². The molecular weight excluding hydrogens is 479 g/mol. The highest BCUT2D eigenvalue weighted by Crippen LogP contribution is 2.53. The molecule has 1 unspecified atom stereocenters. The Kier molecular flexibility index (Phi) is 7.35. The molecule has 0 saturated heterocycles. The quantitative estimate of drug-likeness (QED) is 0.268. The molecule has 0 bridgehead atoms. The van der Waals surface area contributed by atoms with Crippen LogP contribution in [0.3, 0.4) is 0 Å². The summed E-state index contributed by atoms with van der Waals surface area (Å²) in [5.74, 6) is 0.247. The van der Waals surface area contributed by atoms with E-state index in [1.165, 1.54) is 49.5 Å². The topological polar surface area (TPSA) is 38.8 Å². The summed E-state index contributed by atoms with van der Waals surface area (Å²) in [6.45, 7) is 4.27. The largest absolute Gasteiger partial charge is 0.497 e. The highest BCUT2D eigenvalue weighted by Gasteiger charge is 2.63. The van der Waals surface area contributed by atoms with E-state index < -0.39 is 17.7 Å². The van der Waals surface area contributed by atoms with Crippen molar-refractivity contribution in [1.29, 1.82) is 0 Å². The van der Waals surface area contributed by atoms with Crippen molar-refractivity contribution in [3.63, 3.8) is 0 Å². The van der Waals surface area contributed by atoms with Crippen molar-refractivity contribution in [3.8, 4) is 5.75 Å². The van der Waals surface area contributed by atoms with Gasteiger partial charge in [-0.05, 0) is 70.5 Å². The lowest BCUT2D eigenvalue weighted by atomic mass is 9.74. The average molecular weight is 510 g/mol. The molecule has 4 nitrogen and oxygen atoms in total. The smallest absolute Gasteiger partial charge is 0.420 e. The molecule has 1 atom stereocenters. The Balaban J connectivity index is 1.93. The number of carbonyl (C=O) groups is 1. The van der Waals surface area contributed by atoms with Crippen molar-refractivity contribution in [2.45, 2.75) is 37.9 Å². The van der Waals surface area contributed by atoms with E-state index in [1.54, 1.807) is 36.4 Å². The third-order valence-corrected chi connectivity index (χ3v) is 6.94. The fraction of sp³-hybridized carbons (Fsp3) is 0.300. The zero-order valence-electron chi connectivity index (χ0n) is 21.3. The maximum Gasteiger partial charge on any atom is 0.420 e. The molecule has 4 rings (SSSR count). The Morgan fingerprint density at radius 1 is 1.00 bits per heavy atom. The molecule has 0 N–H and O–H groups in total. The Hall–Kier alpha value is -3.74. The molecule has 0 fully saturated rings. The van der Waals surface area contributed by atoms with Gasteiger partial charge in [-0.25, -0.2) is 4.79 Å². The standard InChI is InChI=1S/C30H30F3NO3/c1-20(2)22-8-12-25(13-9-22)34-18-17-23-19-26(36-3)14-15-27(23)29(34,30(31,32)33)24-10-5-21(6-11-24)7-16-28(35)37-4/h5-16,19-20H,17-18H2,1-4H3/b16-7+. The minimum Gasteiger partial charge on any atom is -0.497 e. The van der Waals surface area contributed by atoms with E-state index in [-0.39, 0.29) is 23.6 Å². The van der Waals surface area contributed by atoms with Gasteiger partial charge < -0.3 is 14.4 Å².